The number of rotatable bonds is 5. The van der Waals surface area contributed by atoms with Gasteiger partial charge in [-0.1, -0.05) is 12.1 Å². The lowest BCUT2D eigenvalue weighted by Gasteiger charge is -1.99. The summed E-state index contributed by atoms with van der Waals surface area (Å²) >= 11 is 0. The Hall–Kier alpha value is -1.68. The molecular formula is C14H15FN2O. The van der Waals surface area contributed by atoms with Crippen LogP contribution in [0.4, 0.5) is 4.39 Å². The van der Waals surface area contributed by atoms with E-state index in [1.165, 1.54) is 18.9 Å². The molecular weight excluding hydrogens is 231 g/mol. The van der Waals surface area contributed by atoms with Crippen molar-refractivity contribution in [2.24, 2.45) is 0 Å². The summed E-state index contributed by atoms with van der Waals surface area (Å²) in [5.74, 6) is 0.868. The molecule has 1 fully saturated rings. The summed E-state index contributed by atoms with van der Waals surface area (Å²) in [5.41, 5.74) is 0.464. The molecule has 1 heterocycles. The number of benzene rings is 1. The van der Waals surface area contributed by atoms with Gasteiger partial charge < -0.3 is 9.73 Å². The van der Waals surface area contributed by atoms with Gasteiger partial charge >= 0.3 is 0 Å². The molecule has 0 atom stereocenters. The maximum absolute atomic E-state index is 13.6. The highest BCUT2D eigenvalue weighted by atomic mass is 19.1. The molecule has 0 saturated heterocycles. The van der Waals surface area contributed by atoms with Crippen LogP contribution in [-0.4, -0.2) is 17.6 Å². The molecule has 3 nitrogen and oxygen atoms in total. The first-order valence-electron chi connectivity index (χ1n) is 6.26. The molecule has 2 aromatic rings. The molecule has 0 aliphatic heterocycles. The van der Waals surface area contributed by atoms with Crippen molar-refractivity contribution in [3.63, 3.8) is 0 Å². The second-order valence-corrected chi connectivity index (χ2v) is 4.58. The molecule has 0 bridgehead atoms. The molecule has 1 aromatic heterocycles. The highest BCUT2D eigenvalue weighted by Gasteiger charge is 2.20. The SMILES string of the molecule is Fc1ccccc1-c1cnc(CCNC2CC2)o1. The molecule has 94 valence electrons. The Labute approximate surface area is 105 Å². The number of halogens is 1. The predicted molar refractivity (Wildman–Crippen MR) is 66.6 cm³/mol. The Kier molecular flexibility index (Phi) is 3.11. The van der Waals surface area contributed by atoms with Crippen LogP contribution in [0.5, 0.6) is 0 Å². The van der Waals surface area contributed by atoms with Crippen LogP contribution in [0.25, 0.3) is 11.3 Å². The topological polar surface area (TPSA) is 38.1 Å². The van der Waals surface area contributed by atoms with E-state index in [0.717, 1.165) is 13.0 Å². The second kappa shape index (κ2) is 4.90. The molecule has 0 spiro atoms. The molecule has 3 rings (SSSR count). The van der Waals surface area contributed by atoms with E-state index < -0.39 is 0 Å². The molecule has 0 amide bonds. The van der Waals surface area contributed by atoms with Crippen LogP contribution in [0.1, 0.15) is 18.7 Å². The monoisotopic (exact) mass is 246 g/mol. The van der Waals surface area contributed by atoms with Gasteiger partial charge in [-0.2, -0.15) is 0 Å². The second-order valence-electron chi connectivity index (χ2n) is 4.58. The molecule has 1 aromatic carbocycles. The Morgan fingerprint density at radius 3 is 2.94 bits per heavy atom. The highest BCUT2D eigenvalue weighted by Crippen LogP contribution is 2.23. The Morgan fingerprint density at radius 1 is 1.33 bits per heavy atom. The van der Waals surface area contributed by atoms with E-state index in [4.69, 9.17) is 4.42 Å². The van der Waals surface area contributed by atoms with Gasteiger partial charge in [0.15, 0.2) is 11.7 Å². The van der Waals surface area contributed by atoms with Gasteiger partial charge in [-0.25, -0.2) is 9.37 Å². The van der Waals surface area contributed by atoms with Crippen molar-refractivity contribution >= 4 is 0 Å². The third-order valence-corrected chi connectivity index (χ3v) is 3.04. The van der Waals surface area contributed by atoms with Crippen LogP contribution in [0.3, 0.4) is 0 Å². The number of oxazole rings is 1. The summed E-state index contributed by atoms with van der Waals surface area (Å²) in [4.78, 5) is 4.18. The molecule has 1 N–H and O–H groups in total. The predicted octanol–water partition coefficient (Wildman–Crippen LogP) is 2.78. The fraction of sp³-hybridized carbons (Fsp3) is 0.357. The molecule has 1 saturated carbocycles. The van der Waals surface area contributed by atoms with Crippen molar-refractivity contribution in [3.8, 4) is 11.3 Å². The Morgan fingerprint density at radius 2 is 2.17 bits per heavy atom. The van der Waals surface area contributed by atoms with Gasteiger partial charge in [-0.3, -0.25) is 0 Å². The van der Waals surface area contributed by atoms with Crippen molar-refractivity contribution in [2.45, 2.75) is 25.3 Å². The molecule has 1 aliphatic carbocycles. The van der Waals surface area contributed by atoms with Crippen LogP contribution in [-0.2, 0) is 6.42 Å². The van der Waals surface area contributed by atoms with Gasteiger partial charge in [0.25, 0.3) is 0 Å². The molecule has 18 heavy (non-hydrogen) atoms. The largest absolute Gasteiger partial charge is 0.441 e. The minimum Gasteiger partial charge on any atom is -0.441 e. The van der Waals surface area contributed by atoms with Crippen LogP contribution in [0.15, 0.2) is 34.9 Å². The lowest BCUT2D eigenvalue weighted by atomic mass is 10.2. The Balaban J connectivity index is 1.66. The van der Waals surface area contributed by atoms with Crippen LogP contribution >= 0.6 is 0 Å². The maximum atomic E-state index is 13.6. The van der Waals surface area contributed by atoms with Gasteiger partial charge in [-0.15, -0.1) is 0 Å². The zero-order chi connectivity index (χ0) is 12.4. The third kappa shape index (κ3) is 2.59. The molecule has 0 unspecified atom stereocenters. The standard InChI is InChI=1S/C14H15FN2O/c15-12-4-2-1-3-11(12)13-9-17-14(18-13)7-8-16-10-5-6-10/h1-4,9-10,16H,5-8H2. The van der Waals surface area contributed by atoms with Crippen LogP contribution < -0.4 is 5.32 Å². The highest BCUT2D eigenvalue weighted by molar-refractivity contribution is 5.56. The average molecular weight is 246 g/mol. The van der Waals surface area contributed by atoms with Gasteiger partial charge in [0.1, 0.15) is 5.82 Å². The first-order chi connectivity index (χ1) is 8.83. The minimum absolute atomic E-state index is 0.281. The smallest absolute Gasteiger partial charge is 0.196 e. The van der Waals surface area contributed by atoms with Crippen molar-refractivity contribution in [1.29, 1.82) is 0 Å². The zero-order valence-corrected chi connectivity index (χ0v) is 10.0. The van der Waals surface area contributed by atoms with Crippen molar-refractivity contribution in [3.05, 3.63) is 42.2 Å². The van der Waals surface area contributed by atoms with Crippen LogP contribution in [0.2, 0.25) is 0 Å². The summed E-state index contributed by atoms with van der Waals surface area (Å²) in [6.45, 7) is 0.863. The lowest BCUT2D eigenvalue weighted by Crippen LogP contribution is -2.19. The van der Waals surface area contributed by atoms with Crippen LogP contribution in [0, 0.1) is 5.82 Å². The van der Waals surface area contributed by atoms with Gasteiger partial charge in [-0.05, 0) is 25.0 Å². The quantitative estimate of drug-likeness (QED) is 0.881. The van der Waals surface area contributed by atoms with Gasteiger partial charge in [0.2, 0.25) is 0 Å². The number of hydrogen-bond acceptors (Lipinski definition) is 3. The third-order valence-electron chi connectivity index (χ3n) is 3.04. The number of nitrogens with one attached hydrogen (secondary N) is 1. The zero-order valence-electron chi connectivity index (χ0n) is 10.0. The summed E-state index contributed by atoms with van der Waals surface area (Å²) in [6.07, 6.45) is 4.87. The van der Waals surface area contributed by atoms with Gasteiger partial charge in [0.05, 0.1) is 11.8 Å². The molecule has 0 radical (unpaired) electrons. The summed E-state index contributed by atoms with van der Waals surface area (Å²) in [7, 11) is 0. The number of nitrogens with zero attached hydrogens (tertiary/aromatic N) is 1. The van der Waals surface area contributed by atoms with E-state index in [-0.39, 0.29) is 5.82 Å². The molecule has 1 aliphatic rings. The van der Waals surface area contributed by atoms with E-state index in [1.807, 2.05) is 0 Å². The normalized spacial score (nSPS) is 14.9. The van der Waals surface area contributed by atoms with Crippen molar-refractivity contribution < 1.29 is 8.81 Å². The number of aromatic nitrogens is 1. The van der Waals surface area contributed by atoms with Gasteiger partial charge in [0, 0.05) is 19.0 Å². The van der Waals surface area contributed by atoms with Crippen molar-refractivity contribution in [1.82, 2.24) is 10.3 Å². The van der Waals surface area contributed by atoms with E-state index in [2.05, 4.69) is 10.3 Å². The van der Waals surface area contributed by atoms with E-state index >= 15 is 0 Å². The lowest BCUT2D eigenvalue weighted by molar-refractivity contribution is 0.491. The summed E-state index contributed by atoms with van der Waals surface area (Å²) in [6, 6.07) is 7.25. The fourth-order valence-corrected chi connectivity index (χ4v) is 1.88. The van der Waals surface area contributed by atoms with Crippen molar-refractivity contribution in [2.75, 3.05) is 6.54 Å². The van der Waals surface area contributed by atoms with E-state index in [0.29, 0.717) is 23.3 Å². The molecule has 4 heteroatoms. The number of hydrogen-bond donors (Lipinski definition) is 1. The summed E-state index contributed by atoms with van der Waals surface area (Å²) in [5, 5.41) is 3.39. The fourth-order valence-electron chi connectivity index (χ4n) is 1.88. The first kappa shape index (κ1) is 11.4. The Bertz CT molecular complexity index is 534. The minimum atomic E-state index is -0.281. The summed E-state index contributed by atoms with van der Waals surface area (Å²) < 4.78 is 19.1. The van der Waals surface area contributed by atoms with E-state index in [1.54, 1.807) is 24.4 Å². The first-order valence-corrected chi connectivity index (χ1v) is 6.26. The maximum Gasteiger partial charge on any atom is 0.196 e. The average Bonchev–Trinajstić information content (AvgIpc) is 3.08. The van der Waals surface area contributed by atoms with E-state index in [9.17, 15) is 4.39 Å².